The van der Waals surface area contributed by atoms with Crippen molar-refractivity contribution < 1.29 is 9.90 Å². The van der Waals surface area contributed by atoms with E-state index < -0.39 is 0 Å². The maximum absolute atomic E-state index is 10.9. The first-order valence-electron chi connectivity index (χ1n) is 4.32. The zero-order valence-corrected chi connectivity index (χ0v) is 8.08. The monoisotopic (exact) mass is 191 g/mol. The van der Waals surface area contributed by atoms with Crippen molar-refractivity contribution in [1.82, 2.24) is 5.32 Å². The molecule has 0 aliphatic carbocycles. The van der Waals surface area contributed by atoms with Gasteiger partial charge in [0.25, 0.3) is 0 Å². The lowest BCUT2D eigenvalue weighted by molar-refractivity contribution is -0.116. The minimum absolute atomic E-state index is 0.194. The summed E-state index contributed by atoms with van der Waals surface area (Å²) in [6.07, 6.45) is 1.20. The Kier molecular flexibility index (Phi) is 3.29. The summed E-state index contributed by atoms with van der Waals surface area (Å²) in [7, 11) is 0. The van der Waals surface area contributed by atoms with Crippen molar-refractivity contribution in [2.24, 2.45) is 0 Å². The van der Waals surface area contributed by atoms with Crippen LogP contribution in [0.5, 0.6) is 5.75 Å². The van der Waals surface area contributed by atoms with Gasteiger partial charge in [-0.05, 0) is 19.1 Å². The van der Waals surface area contributed by atoms with Crippen LogP contribution in [0, 0.1) is 6.92 Å². The van der Waals surface area contributed by atoms with Gasteiger partial charge in [0.05, 0.1) is 0 Å². The van der Waals surface area contributed by atoms with Crippen LogP contribution < -0.4 is 5.32 Å². The topological polar surface area (TPSA) is 49.3 Å². The number of hydrogen-bond donors (Lipinski definition) is 2. The van der Waals surface area contributed by atoms with Crippen LogP contribution in [0.15, 0.2) is 30.9 Å². The zero-order chi connectivity index (χ0) is 10.6. The summed E-state index contributed by atoms with van der Waals surface area (Å²) >= 11 is 0. The Bertz CT molecular complexity index is 358. The van der Waals surface area contributed by atoms with Crippen molar-refractivity contribution in [3.63, 3.8) is 0 Å². The van der Waals surface area contributed by atoms with E-state index in [9.17, 15) is 9.90 Å². The standard InChI is InChI=1S/C11H13NO2/c1-3-11(14)12-7-9-6-8(2)4-5-10(9)13/h3-6,13H,1,7H2,2H3,(H,12,14). The molecule has 0 heterocycles. The lowest BCUT2D eigenvalue weighted by atomic mass is 10.1. The number of benzene rings is 1. The molecule has 0 fully saturated rings. The number of phenolic OH excluding ortho intramolecular Hbond substituents is 1. The van der Waals surface area contributed by atoms with E-state index >= 15 is 0 Å². The van der Waals surface area contributed by atoms with Crippen LogP contribution in [0.1, 0.15) is 11.1 Å². The molecule has 0 spiro atoms. The van der Waals surface area contributed by atoms with E-state index in [0.29, 0.717) is 12.1 Å². The molecule has 3 nitrogen and oxygen atoms in total. The number of aryl methyl sites for hydroxylation is 1. The average Bonchev–Trinajstić information content (AvgIpc) is 2.19. The molecule has 3 heteroatoms. The molecule has 0 saturated carbocycles. The number of nitrogens with one attached hydrogen (secondary N) is 1. The fraction of sp³-hybridized carbons (Fsp3) is 0.182. The Morgan fingerprint density at radius 1 is 1.64 bits per heavy atom. The molecule has 0 aliphatic rings. The maximum Gasteiger partial charge on any atom is 0.243 e. The predicted molar refractivity (Wildman–Crippen MR) is 54.9 cm³/mol. The Labute approximate surface area is 83.1 Å². The van der Waals surface area contributed by atoms with Gasteiger partial charge in [0, 0.05) is 12.1 Å². The van der Waals surface area contributed by atoms with Crippen molar-refractivity contribution in [3.8, 4) is 5.75 Å². The summed E-state index contributed by atoms with van der Waals surface area (Å²) in [5, 5.41) is 12.0. The van der Waals surface area contributed by atoms with Crippen LogP contribution in [-0.4, -0.2) is 11.0 Å². The maximum atomic E-state index is 10.9. The van der Waals surface area contributed by atoms with Gasteiger partial charge in [-0.3, -0.25) is 4.79 Å². The van der Waals surface area contributed by atoms with Crippen molar-refractivity contribution in [3.05, 3.63) is 42.0 Å². The molecule has 74 valence electrons. The number of aromatic hydroxyl groups is 1. The highest BCUT2D eigenvalue weighted by Crippen LogP contribution is 2.17. The highest BCUT2D eigenvalue weighted by Gasteiger charge is 2.01. The van der Waals surface area contributed by atoms with Crippen LogP contribution in [0.2, 0.25) is 0 Å². The Morgan fingerprint density at radius 2 is 2.36 bits per heavy atom. The first-order chi connectivity index (χ1) is 6.63. The largest absolute Gasteiger partial charge is 0.508 e. The van der Waals surface area contributed by atoms with Crippen LogP contribution in [0.4, 0.5) is 0 Å². The third-order valence-corrected chi connectivity index (χ3v) is 1.87. The summed E-state index contributed by atoms with van der Waals surface area (Å²) in [5.41, 5.74) is 1.76. The molecule has 0 radical (unpaired) electrons. The molecule has 1 aromatic carbocycles. The SMILES string of the molecule is C=CC(=O)NCc1cc(C)ccc1O. The number of carbonyl (C=O) groups excluding carboxylic acids is 1. The molecule has 2 N–H and O–H groups in total. The van der Waals surface area contributed by atoms with E-state index in [1.54, 1.807) is 6.07 Å². The molecule has 0 atom stereocenters. The van der Waals surface area contributed by atoms with Crippen LogP contribution >= 0.6 is 0 Å². The fourth-order valence-electron chi connectivity index (χ4n) is 1.11. The second-order valence-corrected chi connectivity index (χ2v) is 3.05. The van der Waals surface area contributed by atoms with E-state index in [-0.39, 0.29) is 11.7 Å². The molecule has 1 amide bonds. The molecule has 0 bridgehead atoms. The minimum Gasteiger partial charge on any atom is -0.508 e. The molecular weight excluding hydrogens is 178 g/mol. The number of carbonyl (C=O) groups is 1. The van der Waals surface area contributed by atoms with Gasteiger partial charge in [-0.15, -0.1) is 0 Å². The van der Waals surface area contributed by atoms with Gasteiger partial charge < -0.3 is 10.4 Å². The fourth-order valence-corrected chi connectivity index (χ4v) is 1.11. The number of hydrogen-bond acceptors (Lipinski definition) is 2. The molecule has 0 unspecified atom stereocenters. The van der Waals surface area contributed by atoms with Gasteiger partial charge in [0.1, 0.15) is 5.75 Å². The number of rotatable bonds is 3. The highest BCUT2D eigenvalue weighted by atomic mass is 16.3. The van der Waals surface area contributed by atoms with Crippen LogP contribution in [-0.2, 0) is 11.3 Å². The quantitative estimate of drug-likeness (QED) is 0.711. The summed E-state index contributed by atoms with van der Waals surface area (Å²) in [5.74, 6) is -0.0501. The lowest BCUT2D eigenvalue weighted by Gasteiger charge is -2.05. The number of amides is 1. The molecule has 14 heavy (non-hydrogen) atoms. The Morgan fingerprint density at radius 3 is 3.00 bits per heavy atom. The Hall–Kier alpha value is -1.77. The van der Waals surface area contributed by atoms with E-state index in [4.69, 9.17) is 0 Å². The second kappa shape index (κ2) is 4.46. The van der Waals surface area contributed by atoms with Gasteiger partial charge in [-0.25, -0.2) is 0 Å². The number of phenols is 1. The molecule has 1 aromatic rings. The van der Waals surface area contributed by atoms with Crippen LogP contribution in [0.25, 0.3) is 0 Å². The van der Waals surface area contributed by atoms with Gasteiger partial charge in [0.15, 0.2) is 0 Å². The summed E-state index contributed by atoms with van der Waals surface area (Å²) in [6, 6.07) is 5.26. The van der Waals surface area contributed by atoms with Gasteiger partial charge in [0.2, 0.25) is 5.91 Å². The van der Waals surface area contributed by atoms with Crippen molar-refractivity contribution >= 4 is 5.91 Å². The van der Waals surface area contributed by atoms with Gasteiger partial charge in [-0.2, -0.15) is 0 Å². The van der Waals surface area contributed by atoms with Gasteiger partial charge in [-0.1, -0.05) is 24.3 Å². The summed E-state index contributed by atoms with van der Waals surface area (Å²) in [4.78, 5) is 10.9. The third kappa shape index (κ3) is 2.62. The molecule has 1 rings (SSSR count). The van der Waals surface area contributed by atoms with E-state index in [2.05, 4.69) is 11.9 Å². The van der Waals surface area contributed by atoms with Crippen molar-refractivity contribution in [1.29, 1.82) is 0 Å². The predicted octanol–water partition coefficient (Wildman–Crippen LogP) is 1.50. The van der Waals surface area contributed by atoms with Crippen molar-refractivity contribution in [2.45, 2.75) is 13.5 Å². The van der Waals surface area contributed by atoms with Crippen molar-refractivity contribution in [2.75, 3.05) is 0 Å². The first-order valence-corrected chi connectivity index (χ1v) is 4.32. The van der Waals surface area contributed by atoms with E-state index in [1.807, 2.05) is 19.1 Å². The average molecular weight is 191 g/mol. The van der Waals surface area contributed by atoms with Gasteiger partial charge >= 0.3 is 0 Å². The lowest BCUT2D eigenvalue weighted by Crippen LogP contribution is -2.19. The zero-order valence-electron chi connectivity index (χ0n) is 8.08. The van der Waals surface area contributed by atoms with Crippen LogP contribution in [0.3, 0.4) is 0 Å². The molecule has 0 aliphatic heterocycles. The normalized spacial score (nSPS) is 9.50. The summed E-state index contributed by atoms with van der Waals surface area (Å²) in [6.45, 7) is 5.58. The first kappa shape index (κ1) is 10.3. The van der Waals surface area contributed by atoms with E-state index in [1.165, 1.54) is 6.08 Å². The smallest absolute Gasteiger partial charge is 0.243 e. The minimum atomic E-state index is -0.245. The Balaban J connectivity index is 2.71. The third-order valence-electron chi connectivity index (χ3n) is 1.87. The second-order valence-electron chi connectivity index (χ2n) is 3.05. The molecule has 0 aromatic heterocycles. The molecule has 0 saturated heterocycles. The highest BCUT2D eigenvalue weighted by molar-refractivity contribution is 5.86. The van der Waals surface area contributed by atoms with E-state index in [0.717, 1.165) is 5.56 Å². The summed E-state index contributed by atoms with van der Waals surface area (Å²) < 4.78 is 0. The molecular formula is C11H13NO2.